The number of halogens is 1. The number of carbonyl (C=O) groups is 2. The van der Waals surface area contributed by atoms with Crippen LogP contribution in [0.15, 0.2) is 30.3 Å². The van der Waals surface area contributed by atoms with Crippen LogP contribution in [0.25, 0.3) is 10.2 Å². The number of hydrogen-bond donors (Lipinski definition) is 1. The fraction of sp³-hybridized carbons (Fsp3) is 0.423. The SMILES string of the molecule is Cc1ccc2sc(CCCc3ccc(P)c(C(=O)NC(=O)CN4CCC(C)CC4)c3F)nc2c1. The molecule has 0 saturated carbocycles. The van der Waals surface area contributed by atoms with Crippen molar-refractivity contribution in [3.8, 4) is 0 Å². The summed E-state index contributed by atoms with van der Waals surface area (Å²) in [4.78, 5) is 31.9. The van der Waals surface area contributed by atoms with Gasteiger partial charge in [-0.15, -0.1) is 20.6 Å². The first-order valence-corrected chi connectivity index (χ1v) is 13.2. The largest absolute Gasteiger partial charge is 0.294 e. The number of imide groups is 1. The summed E-state index contributed by atoms with van der Waals surface area (Å²) in [6, 6.07) is 9.67. The second kappa shape index (κ2) is 11.0. The van der Waals surface area contributed by atoms with E-state index in [0.29, 0.717) is 23.2 Å². The predicted molar refractivity (Wildman–Crippen MR) is 139 cm³/mol. The van der Waals surface area contributed by atoms with Gasteiger partial charge in [-0.05, 0) is 86.6 Å². The van der Waals surface area contributed by atoms with Gasteiger partial charge >= 0.3 is 0 Å². The van der Waals surface area contributed by atoms with Crippen LogP contribution in [-0.4, -0.2) is 41.3 Å². The number of piperidine rings is 1. The fourth-order valence-electron chi connectivity index (χ4n) is 4.33. The highest BCUT2D eigenvalue weighted by Crippen LogP contribution is 2.25. The van der Waals surface area contributed by atoms with Crippen molar-refractivity contribution in [1.29, 1.82) is 0 Å². The Hall–Kier alpha value is -2.21. The minimum Gasteiger partial charge on any atom is -0.294 e. The van der Waals surface area contributed by atoms with E-state index in [-0.39, 0.29) is 18.0 Å². The molecule has 0 aliphatic carbocycles. The zero-order valence-electron chi connectivity index (χ0n) is 19.7. The van der Waals surface area contributed by atoms with E-state index in [2.05, 4.69) is 44.7 Å². The molecular weight excluding hydrogens is 468 g/mol. The molecule has 1 N–H and O–H groups in total. The maximum absolute atomic E-state index is 15.3. The number of aromatic nitrogens is 1. The summed E-state index contributed by atoms with van der Waals surface area (Å²) in [7, 11) is 2.40. The van der Waals surface area contributed by atoms with Crippen LogP contribution in [0.3, 0.4) is 0 Å². The molecule has 1 aliphatic rings. The van der Waals surface area contributed by atoms with Crippen molar-refractivity contribution in [3.63, 3.8) is 0 Å². The van der Waals surface area contributed by atoms with E-state index in [1.54, 1.807) is 23.5 Å². The number of thiazole rings is 1. The second-order valence-electron chi connectivity index (χ2n) is 9.27. The molecule has 2 heterocycles. The number of aryl methyl sites for hydroxylation is 3. The van der Waals surface area contributed by atoms with Crippen molar-refractivity contribution >= 4 is 47.9 Å². The predicted octanol–water partition coefficient (Wildman–Crippen LogP) is 4.41. The number of nitrogens with one attached hydrogen (secondary N) is 1. The first kappa shape index (κ1) is 24.9. The maximum Gasteiger partial charge on any atom is 0.261 e. The zero-order chi connectivity index (χ0) is 24.2. The molecule has 5 nitrogen and oxygen atoms in total. The lowest BCUT2D eigenvalue weighted by atomic mass is 9.99. The second-order valence-corrected chi connectivity index (χ2v) is 11.0. The Balaban J connectivity index is 1.36. The van der Waals surface area contributed by atoms with Gasteiger partial charge in [0.05, 0.1) is 27.3 Å². The molecule has 1 aliphatic heterocycles. The number of nitrogens with zero attached hydrogens (tertiary/aromatic N) is 2. The summed E-state index contributed by atoms with van der Waals surface area (Å²) >= 11 is 1.66. The summed E-state index contributed by atoms with van der Waals surface area (Å²) in [6.45, 7) is 6.10. The molecule has 1 saturated heterocycles. The van der Waals surface area contributed by atoms with Gasteiger partial charge in [0.1, 0.15) is 5.82 Å². The average Bonchev–Trinajstić information content (AvgIpc) is 3.18. The van der Waals surface area contributed by atoms with E-state index in [1.165, 1.54) is 5.56 Å². The number of benzene rings is 2. The topological polar surface area (TPSA) is 62.3 Å². The smallest absolute Gasteiger partial charge is 0.261 e. The van der Waals surface area contributed by atoms with E-state index in [1.807, 2.05) is 11.8 Å². The zero-order valence-corrected chi connectivity index (χ0v) is 21.7. The molecule has 8 heteroatoms. The highest BCUT2D eigenvalue weighted by molar-refractivity contribution is 7.27. The standard InChI is InChI=1S/C26H31FN3O2PS/c1-16-10-12-30(13-11-16)15-22(31)29-26(32)24-20(33)8-7-18(25(24)27)4-3-5-23-28-19-14-17(2)6-9-21(19)34-23/h6-9,14,16H,3-5,10-13,15,33H2,1-2H3,(H,29,31,32). The van der Waals surface area contributed by atoms with E-state index >= 15 is 4.39 Å². The molecule has 2 amide bonds. The average molecular weight is 500 g/mol. The van der Waals surface area contributed by atoms with E-state index < -0.39 is 11.7 Å². The van der Waals surface area contributed by atoms with Crippen molar-refractivity contribution in [2.75, 3.05) is 19.6 Å². The Morgan fingerprint density at radius 2 is 1.97 bits per heavy atom. The van der Waals surface area contributed by atoms with Crippen LogP contribution in [0.4, 0.5) is 4.39 Å². The van der Waals surface area contributed by atoms with Gasteiger partial charge in [-0.1, -0.05) is 25.1 Å². The fourth-order valence-corrected chi connectivity index (χ4v) is 5.68. The van der Waals surface area contributed by atoms with E-state index in [0.717, 1.165) is 54.0 Å². The third-order valence-electron chi connectivity index (χ3n) is 6.40. The Labute approximate surface area is 206 Å². The molecule has 0 spiro atoms. The highest BCUT2D eigenvalue weighted by Gasteiger charge is 2.23. The van der Waals surface area contributed by atoms with E-state index in [9.17, 15) is 9.59 Å². The summed E-state index contributed by atoms with van der Waals surface area (Å²) < 4.78 is 16.4. The van der Waals surface area contributed by atoms with Crippen molar-refractivity contribution in [3.05, 3.63) is 57.8 Å². The van der Waals surface area contributed by atoms with Crippen LogP contribution < -0.4 is 10.6 Å². The molecule has 180 valence electrons. The van der Waals surface area contributed by atoms with Gasteiger partial charge in [0.15, 0.2) is 0 Å². The van der Waals surface area contributed by atoms with Crippen LogP contribution in [0.1, 0.15) is 52.7 Å². The molecule has 3 aromatic rings. The molecule has 1 aromatic heterocycles. The monoisotopic (exact) mass is 499 g/mol. The minimum atomic E-state index is -0.679. The molecule has 0 bridgehead atoms. The maximum atomic E-state index is 15.3. The molecule has 1 fully saturated rings. The Bertz CT molecular complexity index is 1200. The van der Waals surface area contributed by atoms with Gasteiger partial charge in [-0.3, -0.25) is 19.8 Å². The normalized spacial score (nSPS) is 15.1. The van der Waals surface area contributed by atoms with Crippen molar-refractivity contribution < 1.29 is 14.0 Å². The van der Waals surface area contributed by atoms with Gasteiger partial charge in [0.25, 0.3) is 5.91 Å². The summed E-state index contributed by atoms with van der Waals surface area (Å²) in [5, 5.41) is 3.86. The van der Waals surface area contributed by atoms with Crippen LogP contribution >= 0.6 is 20.6 Å². The molecular formula is C26H31FN3O2PS. The summed E-state index contributed by atoms with van der Waals surface area (Å²) in [5.41, 5.74) is 2.59. The van der Waals surface area contributed by atoms with Crippen LogP contribution in [0.2, 0.25) is 0 Å². The number of likely N-dealkylation sites (tertiary alicyclic amines) is 1. The third kappa shape index (κ3) is 6.07. The lowest BCUT2D eigenvalue weighted by Crippen LogP contribution is -2.43. The number of carbonyl (C=O) groups excluding carboxylic acids is 2. The lowest BCUT2D eigenvalue weighted by molar-refractivity contribution is -0.121. The third-order valence-corrected chi connectivity index (χ3v) is 7.98. The molecule has 1 atom stereocenters. The highest BCUT2D eigenvalue weighted by atomic mass is 32.1. The summed E-state index contributed by atoms with van der Waals surface area (Å²) in [6.07, 6.45) is 4.05. The van der Waals surface area contributed by atoms with Crippen LogP contribution in [0.5, 0.6) is 0 Å². The van der Waals surface area contributed by atoms with Crippen molar-refractivity contribution in [2.45, 2.75) is 46.0 Å². The van der Waals surface area contributed by atoms with Gasteiger partial charge in [0.2, 0.25) is 5.91 Å². The number of rotatable bonds is 7. The molecule has 34 heavy (non-hydrogen) atoms. The number of fused-ring (bicyclic) bond motifs is 1. The summed E-state index contributed by atoms with van der Waals surface area (Å²) in [5.74, 6) is -0.957. The molecule has 0 radical (unpaired) electrons. The van der Waals surface area contributed by atoms with Crippen LogP contribution in [-0.2, 0) is 17.6 Å². The Morgan fingerprint density at radius 3 is 2.74 bits per heavy atom. The number of amides is 2. The van der Waals surface area contributed by atoms with Gasteiger partial charge in [-0.25, -0.2) is 9.37 Å². The van der Waals surface area contributed by atoms with Crippen LogP contribution in [0, 0.1) is 18.7 Å². The Kier molecular flexibility index (Phi) is 8.07. The first-order valence-electron chi connectivity index (χ1n) is 11.8. The Morgan fingerprint density at radius 1 is 1.21 bits per heavy atom. The van der Waals surface area contributed by atoms with Gasteiger partial charge in [-0.2, -0.15) is 0 Å². The first-order chi connectivity index (χ1) is 16.3. The van der Waals surface area contributed by atoms with Gasteiger partial charge in [0, 0.05) is 0 Å². The molecule has 4 rings (SSSR count). The molecule has 2 aromatic carbocycles. The molecule has 1 unspecified atom stereocenters. The quantitative estimate of drug-likeness (QED) is 0.490. The lowest BCUT2D eigenvalue weighted by Gasteiger charge is -2.29. The van der Waals surface area contributed by atoms with Crippen molar-refractivity contribution in [1.82, 2.24) is 15.2 Å². The number of hydrogen-bond acceptors (Lipinski definition) is 5. The van der Waals surface area contributed by atoms with E-state index in [4.69, 9.17) is 0 Å². The minimum absolute atomic E-state index is 0.0708. The van der Waals surface area contributed by atoms with Gasteiger partial charge < -0.3 is 0 Å². The van der Waals surface area contributed by atoms with Crippen molar-refractivity contribution in [2.24, 2.45) is 5.92 Å².